The van der Waals surface area contributed by atoms with Crippen molar-refractivity contribution in [1.82, 2.24) is 9.88 Å². The summed E-state index contributed by atoms with van der Waals surface area (Å²) in [5.41, 5.74) is 5.85. The number of nitrogens with one attached hydrogen (secondary N) is 1. The van der Waals surface area contributed by atoms with Gasteiger partial charge < -0.3 is 9.88 Å². The first kappa shape index (κ1) is 14.7. The fraction of sp³-hybridized carbons (Fsp3) is 0.450. The normalized spacial score (nSPS) is 17.5. The Hall–Kier alpha value is -1.87. The molecule has 1 aromatic carbocycles. The highest BCUT2D eigenvalue weighted by atomic mass is 16.1. The third kappa shape index (κ3) is 2.98. The molecule has 1 N–H and O–H groups in total. The molecule has 4 rings (SSSR count). The Morgan fingerprint density at radius 2 is 1.87 bits per heavy atom. The Kier molecular flexibility index (Phi) is 3.61. The highest BCUT2D eigenvalue weighted by molar-refractivity contribution is 5.65. The van der Waals surface area contributed by atoms with Crippen molar-refractivity contribution in [3.8, 4) is 11.3 Å². The molecule has 2 aliphatic rings. The molecule has 1 aromatic heterocycles. The van der Waals surface area contributed by atoms with Gasteiger partial charge in [-0.25, -0.2) is 0 Å². The lowest BCUT2D eigenvalue weighted by Gasteiger charge is -2.16. The zero-order valence-corrected chi connectivity index (χ0v) is 13.9. The zero-order valence-electron chi connectivity index (χ0n) is 13.9. The molecular weight excluding hydrogens is 284 g/mol. The van der Waals surface area contributed by atoms with Crippen molar-refractivity contribution in [2.24, 2.45) is 0 Å². The van der Waals surface area contributed by atoms with Crippen LogP contribution in [0.5, 0.6) is 0 Å². The van der Waals surface area contributed by atoms with Crippen LogP contribution >= 0.6 is 0 Å². The first-order valence-corrected chi connectivity index (χ1v) is 8.69. The maximum absolute atomic E-state index is 13.0. The minimum atomic E-state index is 0.193. The van der Waals surface area contributed by atoms with Crippen LogP contribution in [0, 0.1) is 13.8 Å². The SMILES string of the molecule is Cc1ccc(-c2ccc(CNC3CC3)c(=O)n2C2CC2)c(C)c1. The Morgan fingerprint density at radius 3 is 2.52 bits per heavy atom. The standard InChI is InChI=1S/C20H24N2O/c1-13-3-9-18(14(2)11-13)19-10-4-15(12-21-16-5-6-16)20(23)22(19)17-7-8-17/h3-4,9-11,16-17,21H,5-8,12H2,1-2H3. The van der Waals surface area contributed by atoms with Gasteiger partial charge in [-0.05, 0) is 51.2 Å². The molecule has 0 amide bonds. The van der Waals surface area contributed by atoms with Crippen molar-refractivity contribution in [2.75, 3.05) is 0 Å². The number of benzene rings is 1. The van der Waals surface area contributed by atoms with Crippen LogP contribution in [0.4, 0.5) is 0 Å². The lowest BCUT2D eigenvalue weighted by atomic mass is 10.0. The van der Waals surface area contributed by atoms with Crippen LogP contribution in [0.25, 0.3) is 11.3 Å². The predicted molar refractivity (Wildman–Crippen MR) is 93.7 cm³/mol. The predicted octanol–water partition coefficient (Wildman–Crippen LogP) is 3.72. The Labute approximate surface area is 137 Å². The maximum Gasteiger partial charge on any atom is 0.255 e. The first-order valence-electron chi connectivity index (χ1n) is 8.69. The Bertz CT molecular complexity index is 798. The fourth-order valence-electron chi connectivity index (χ4n) is 3.29. The van der Waals surface area contributed by atoms with E-state index in [0.717, 1.165) is 24.1 Å². The third-order valence-corrected chi connectivity index (χ3v) is 4.92. The smallest absolute Gasteiger partial charge is 0.255 e. The number of hydrogen-bond acceptors (Lipinski definition) is 2. The second-order valence-corrected chi connectivity index (χ2v) is 7.12. The van der Waals surface area contributed by atoms with Crippen molar-refractivity contribution < 1.29 is 0 Å². The highest BCUT2D eigenvalue weighted by Gasteiger charge is 2.28. The van der Waals surface area contributed by atoms with E-state index in [1.54, 1.807) is 0 Å². The molecule has 0 atom stereocenters. The van der Waals surface area contributed by atoms with Gasteiger partial charge in [0, 0.05) is 29.8 Å². The molecule has 0 unspecified atom stereocenters. The number of pyridine rings is 1. The topological polar surface area (TPSA) is 34.0 Å². The van der Waals surface area contributed by atoms with Crippen LogP contribution in [-0.4, -0.2) is 10.6 Å². The molecule has 2 aliphatic carbocycles. The van der Waals surface area contributed by atoms with Crippen LogP contribution in [0.15, 0.2) is 35.1 Å². The van der Waals surface area contributed by atoms with Gasteiger partial charge in [-0.3, -0.25) is 4.79 Å². The molecule has 23 heavy (non-hydrogen) atoms. The van der Waals surface area contributed by atoms with Crippen molar-refractivity contribution in [3.63, 3.8) is 0 Å². The van der Waals surface area contributed by atoms with E-state index in [-0.39, 0.29) is 5.56 Å². The van der Waals surface area contributed by atoms with Crippen molar-refractivity contribution in [2.45, 2.75) is 58.2 Å². The number of aryl methyl sites for hydroxylation is 2. The lowest BCUT2D eigenvalue weighted by molar-refractivity contribution is 0.654. The van der Waals surface area contributed by atoms with E-state index >= 15 is 0 Å². The minimum absolute atomic E-state index is 0.193. The third-order valence-electron chi connectivity index (χ3n) is 4.92. The van der Waals surface area contributed by atoms with E-state index in [9.17, 15) is 4.79 Å². The number of hydrogen-bond donors (Lipinski definition) is 1. The van der Waals surface area contributed by atoms with Crippen molar-refractivity contribution in [3.05, 3.63) is 57.4 Å². The molecule has 2 saturated carbocycles. The summed E-state index contributed by atoms with van der Waals surface area (Å²) in [6, 6.07) is 11.7. The summed E-state index contributed by atoms with van der Waals surface area (Å²) in [7, 11) is 0. The van der Waals surface area contributed by atoms with Gasteiger partial charge in [0.25, 0.3) is 5.56 Å². The van der Waals surface area contributed by atoms with E-state index in [1.807, 2.05) is 10.6 Å². The van der Waals surface area contributed by atoms with E-state index in [1.165, 1.54) is 29.5 Å². The molecule has 0 radical (unpaired) electrons. The van der Waals surface area contributed by atoms with Gasteiger partial charge in [0.2, 0.25) is 0 Å². The summed E-state index contributed by atoms with van der Waals surface area (Å²) in [5.74, 6) is 0. The van der Waals surface area contributed by atoms with Gasteiger partial charge in [-0.1, -0.05) is 29.8 Å². The molecule has 2 aromatic rings. The van der Waals surface area contributed by atoms with Gasteiger partial charge in [0.15, 0.2) is 0 Å². The van der Waals surface area contributed by atoms with Crippen LogP contribution in [-0.2, 0) is 6.54 Å². The summed E-state index contributed by atoms with van der Waals surface area (Å²) >= 11 is 0. The largest absolute Gasteiger partial charge is 0.310 e. The average molecular weight is 308 g/mol. The number of aromatic nitrogens is 1. The maximum atomic E-state index is 13.0. The summed E-state index contributed by atoms with van der Waals surface area (Å²) in [4.78, 5) is 13.0. The molecule has 1 heterocycles. The summed E-state index contributed by atoms with van der Waals surface area (Å²) < 4.78 is 2.04. The minimum Gasteiger partial charge on any atom is -0.310 e. The summed E-state index contributed by atoms with van der Waals surface area (Å²) in [6.07, 6.45) is 4.74. The van der Waals surface area contributed by atoms with Crippen LogP contribution in [0.3, 0.4) is 0 Å². The molecule has 0 aliphatic heterocycles. The quantitative estimate of drug-likeness (QED) is 0.913. The second-order valence-electron chi connectivity index (χ2n) is 7.12. The van der Waals surface area contributed by atoms with Crippen molar-refractivity contribution >= 4 is 0 Å². The molecule has 0 saturated heterocycles. The second kappa shape index (κ2) is 5.64. The Morgan fingerprint density at radius 1 is 1.09 bits per heavy atom. The van der Waals surface area contributed by atoms with E-state index < -0.39 is 0 Å². The van der Waals surface area contributed by atoms with E-state index in [2.05, 4.69) is 43.4 Å². The average Bonchev–Trinajstić information content (AvgIpc) is 3.40. The number of nitrogens with zero attached hydrogens (tertiary/aromatic N) is 1. The van der Waals surface area contributed by atoms with Gasteiger partial charge in [-0.2, -0.15) is 0 Å². The van der Waals surface area contributed by atoms with E-state index in [4.69, 9.17) is 0 Å². The number of rotatable bonds is 5. The lowest BCUT2D eigenvalue weighted by Crippen LogP contribution is -2.28. The first-order chi connectivity index (χ1) is 11.1. The van der Waals surface area contributed by atoms with E-state index in [0.29, 0.717) is 18.6 Å². The molecule has 3 heteroatoms. The monoisotopic (exact) mass is 308 g/mol. The molecule has 120 valence electrons. The van der Waals surface area contributed by atoms with Crippen LogP contribution in [0.1, 0.15) is 48.4 Å². The summed E-state index contributed by atoms with van der Waals surface area (Å²) in [5, 5.41) is 3.47. The molecular formula is C20H24N2O. The summed E-state index contributed by atoms with van der Waals surface area (Å²) in [6.45, 7) is 4.94. The molecule has 2 fully saturated rings. The highest BCUT2D eigenvalue weighted by Crippen LogP contribution is 2.37. The van der Waals surface area contributed by atoms with Gasteiger partial charge in [0.05, 0.1) is 5.69 Å². The zero-order chi connectivity index (χ0) is 16.0. The molecule has 0 bridgehead atoms. The van der Waals surface area contributed by atoms with Gasteiger partial charge in [-0.15, -0.1) is 0 Å². The van der Waals surface area contributed by atoms with Crippen LogP contribution in [0.2, 0.25) is 0 Å². The Balaban J connectivity index is 1.76. The van der Waals surface area contributed by atoms with Gasteiger partial charge in [0.1, 0.15) is 0 Å². The van der Waals surface area contributed by atoms with Gasteiger partial charge >= 0.3 is 0 Å². The van der Waals surface area contributed by atoms with Crippen LogP contribution < -0.4 is 10.9 Å². The molecule has 3 nitrogen and oxygen atoms in total. The molecule has 0 spiro atoms. The fourth-order valence-corrected chi connectivity index (χ4v) is 3.29. The van der Waals surface area contributed by atoms with Crippen molar-refractivity contribution in [1.29, 1.82) is 0 Å².